The summed E-state index contributed by atoms with van der Waals surface area (Å²) < 4.78 is 1.27. The zero-order chi connectivity index (χ0) is 10.8. The molecule has 1 aromatic heterocycles. The molecule has 0 saturated heterocycles. The van der Waals surface area contributed by atoms with Gasteiger partial charge in [0.1, 0.15) is 5.69 Å². The number of para-hydroxylation sites is 2. The standard InChI is InChI=1S/C8H7N5O2/c9-8-5-12(11-10-8)6-3-1-2-4-7(6)13(14)15/h1-5H,9H2. The quantitative estimate of drug-likeness (QED) is 0.576. The molecule has 0 unspecified atom stereocenters. The van der Waals surface area contributed by atoms with Gasteiger partial charge in [-0.3, -0.25) is 10.1 Å². The minimum Gasteiger partial charge on any atom is -0.381 e. The van der Waals surface area contributed by atoms with Crippen molar-refractivity contribution < 1.29 is 4.92 Å². The van der Waals surface area contributed by atoms with Crippen LogP contribution in [0.2, 0.25) is 0 Å². The number of hydrogen-bond donors (Lipinski definition) is 1. The number of nitrogens with two attached hydrogens (primary N) is 1. The van der Waals surface area contributed by atoms with E-state index in [-0.39, 0.29) is 11.5 Å². The van der Waals surface area contributed by atoms with E-state index in [2.05, 4.69) is 10.3 Å². The smallest absolute Gasteiger partial charge is 0.294 e. The van der Waals surface area contributed by atoms with Gasteiger partial charge >= 0.3 is 0 Å². The van der Waals surface area contributed by atoms with Crippen molar-refractivity contribution in [1.29, 1.82) is 0 Å². The van der Waals surface area contributed by atoms with Crippen LogP contribution in [0.25, 0.3) is 5.69 Å². The van der Waals surface area contributed by atoms with Gasteiger partial charge in [-0.15, -0.1) is 5.10 Å². The van der Waals surface area contributed by atoms with Gasteiger partial charge in [0, 0.05) is 6.07 Å². The Bertz CT molecular complexity index is 507. The van der Waals surface area contributed by atoms with E-state index in [4.69, 9.17) is 5.73 Å². The largest absolute Gasteiger partial charge is 0.381 e. The molecule has 0 radical (unpaired) electrons. The van der Waals surface area contributed by atoms with E-state index in [0.29, 0.717) is 5.69 Å². The number of nitrogens with zero attached hydrogens (tertiary/aromatic N) is 4. The molecular weight excluding hydrogens is 198 g/mol. The predicted molar refractivity (Wildman–Crippen MR) is 52.4 cm³/mol. The molecule has 0 aliphatic rings. The van der Waals surface area contributed by atoms with E-state index in [0.717, 1.165) is 0 Å². The second-order valence-electron chi connectivity index (χ2n) is 2.83. The normalized spacial score (nSPS) is 10.1. The number of aromatic nitrogens is 3. The van der Waals surface area contributed by atoms with Crippen molar-refractivity contribution in [2.75, 3.05) is 5.73 Å². The summed E-state index contributed by atoms with van der Waals surface area (Å²) in [4.78, 5) is 10.2. The van der Waals surface area contributed by atoms with Crippen molar-refractivity contribution in [2.45, 2.75) is 0 Å². The molecule has 0 amide bonds. The number of hydrogen-bond acceptors (Lipinski definition) is 5. The highest BCUT2D eigenvalue weighted by Gasteiger charge is 2.14. The summed E-state index contributed by atoms with van der Waals surface area (Å²) in [7, 11) is 0. The van der Waals surface area contributed by atoms with Crippen molar-refractivity contribution in [3.63, 3.8) is 0 Å². The highest BCUT2D eigenvalue weighted by Crippen LogP contribution is 2.21. The van der Waals surface area contributed by atoms with Crippen LogP contribution in [0.1, 0.15) is 0 Å². The summed E-state index contributed by atoms with van der Waals surface area (Å²) in [6.07, 6.45) is 1.42. The Hall–Kier alpha value is -2.44. The van der Waals surface area contributed by atoms with E-state index in [1.807, 2.05) is 0 Å². The second-order valence-corrected chi connectivity index (χ2v) is 2.83. The van der Waals surface area contributed by atoms with E-state index in [1.165, 1.54) is 16.9 Å². The number of nitro benzene ring substituents is 1. The lowest BCUT2D eigenvalue weighted by Gasteiger charge is -2.00. The highest BCUT2D eigenvalue weighted by molar-refractivity contribution is 5.52. The molecule has 0 fully saturated rings. The van der Waals surface area contributed by atoms with Crippen molar-refractivity contribution in [3.05, 3.63) is 40.6 Å². The summed E-state index contributed by atoms with van der Waals surface area (Å²) in [6.45, 7) is 0. The molecule has 2 aromatic rings. The van der Waals surface area contributed by atoms with Gasteiger partial charge in [-0.25, -0.2) is 4.68 Å². The van der Waals surface area contributed by atoms with Crippen LogP contribution < -0.4 is 5.73 Å². The highest BCUT2D eigenvalue weighted by atomic mass is 16.6. The van der Waals surface area contributed by atoms with Gasteiger partial charge < -0.3 is 5.73 Å². The van der Waals surface area contributed by atoms with Crippen LogP contribution in [0, 0.1) is 10.1 Å². The molecule has 0 aliphatic heterocycles. The molecule has 2 rings (SSSR count). The fraction of sp³-hybridized carbons (Fsp3) is 0. The summed E-state index contributed by atoms with van der Waals surface area (Å²) in [5.41, 5.74) is 5.68. The van der Waals surface area contributed by atoms with Crippen LogP contribution in [0.4, 0.5) is 11.5 Å². The molecule has 15 heavy (non-hydrogen) atoms. The lowest BCUT2D eigenvalue weighted by atomic mass is 10.3. The zero-order valence-corrected chi connectivity index (χ0v) is 7.57. The van der Waals surface area contributed by atoms with Crippen LogP contribution in [-0.2, 0) is 0 Å². The first-order valence-corrected chi connectivity index (χ1v) is 4.10. The number of anilines is 1. The second kappa shape index (κ2) is 3.37. The zero-order valence-electron chi connectivity index (χ0n) is 7.57. The molecule has 0 saturated carbocycles. The summed E-state index contributed by atoms with van der Waals surface area (Å²) in [6, 6.07) is 6.24. The Morgan fingerprint density at radius 2 is 2.13 bits per heavy atom. The van der Waals surface area contributed by atoms with Crippen molar-refractivity contribution in [2.24, 2.45) is 0 Å². The van der Waals surface area contributed by atoms with Crippen molar-refractivity contribution >= 4 is 11.5 Å². The fourth-order valence-electron chi connectivity index (χ4n) is 1.21. The minimum absolute atomic E-state index is 0.0394. The first-order chi connectivity index (χ1) is 7.18. The van der Waals surface area contributed by atoms with Gasteiger partial charge in [0.2, 0.25) is 0 Å². The minimum atomic E-state index is -0.479. The van der Waals surface area contributed by atoms with Crippen LogP contribution in [-0.4, -0.2) is 19.9 Å². The Kier molecular flexibility index (Phi) is 2.05. The number of benzene rings is 1. The topological polar surface area (TPSA) is 99.9 Å². The maximum atomic E-state index is 10.7. The molecule has 0 aliphatic carbocycles. The summed E-state index contributed by atoms with van der Waals surface area (Å²) in [5, 5.41) is 17.9. The van der Waals surface area contributed by atoms with E-state index in [9.17, 15) is 10.1 Å². The number of rotatable bonds is 2. The monoisotopic (exact) mass is 205 g/mol. The Morgan fingerprint density at radius 1 is 1.40 bits per heavy atom. The Balaban J connectivity index is 2.57. The van der Waals surface area contributed by atoms with Crippen LogP contribution in [0.5, 0.6) is 0 Å². The van der Waals surface area contributed by atoms with Gasteiger partial charge in [0.25, 0.3) is 5.69 Å². The maximum absolute atomic E-state index is 10.7. The van der Waals surface area contributed by atoms with Crippen LogP contribution >= 0.6 is 0 Å². The summed E-state index contributed by atoms with van der Waals surface area (Å²) >= 11 is 0. The Labute approximate surface area is 84.3 Å². The van der Waals surface area contributed by atoms with Gasteiger partial charge in [-0.1, -0.05) is 17.3 Å². The number of nitrogen functional groups attached to an aromatic ring is 1. The lowest BCUT2D eigenvalue weighted by Crippen LogP contribution is -2.00. The molecule has 0 spiro atoms. The third kappa shape index (κ3) is 1.62. The van der Waals surface area contributed by atoms with E-state index < -0.39 is 4.92 Å². The third-order valence-electron chi connectivity index (χ3n) is 1.84. The average Bonchev–Trinajstić information content (AvgIpc) is 2.65. The van der Waals surface area contributed by atoms with Gasteiger partial charge in [-0.2, -0.15) is 0 Å². The molecular formula is C8H7N5O2. The van der Waals surface area contributed by atoms with Gasteiger partial charge in [0.15, 0.2) is 5.82 Å². The Morgan fingerprint density at radius 3 is 2.73 bits per heavy atom. The molecule has 1 aromatic carbocycles. The van der Waals surface area contributed by atoms with Gasteiger partial charge in [0.05, 0.1) is 11.1 Å². The average molecular weight is 205 g/mol. The van der Waals surface area contributed by atoms with E-state index >= 15 is 0 Å². The maximum Gasteiger partial charge on any atom is 0.294 e. The van der Waals surface area contributed by atoms with Crippen LogP contribution in [0.3, 0.4) is 0 Å². The lowest BCUT2D eigenvalue weighted by molar-refractivity contribution is -0.384. The SMILES string of the molecule is Nc1cn(-c2ccccc2[N+](=O)[O-])nn1. The predicted octanol–water partition coefficient (Wildman–Crippen LogP) is 0.758. The first kappa shape index (κ1) is 9.13. The van der Waals surface area contributed by atoms with Crippen LogP contribution in [0.15, 0.2) is 30.5 Å². The molecule has 2 N–H and O–H groups in total. The molecule has 0 atom stereocenters. The van der Waals surface area contributed by atoms with Crippen molar-refractivity contribution in [3.8, 4) is 5.69 Å². The molecule has 76 valence electrons. The van der Waals surface area contributed by atoms with Crippen molar-refractivity contribution in [1.82, 2.24) is 15.0 Å². The molecule has 7 nitrogen and oxygen atoms in total. The van der Waals surface area contributed by atoms with Gasteiger partial charge in [-0.05, 0) is 6.07 Å². The van der Waals surface area contributed by atoms with E-state index in [1.54, 1.807) is 18.2 Å². The third-order valence-corrected chi connectivity index (χ3v) is 1.84. The number of nitro groups is 1. The molecule has 1 heterocycles. The first-order valence-electron chi connectivity index (χ1n) is 4.10. The summed E-state index contributed by atoms with van der Waals surface area (Å²) in [5.74, 6) is 0.216. The fourth-order valence-corrected chi connectivity index (χ4v) is 1.21. The molecule has 7 heteroatoms. The molecule has 0 bridgehead atoms.